The third-order valence-corrected chi connectivity index (χ3v) is 3.21. The van der Waals surface area contributed by atoms with E-state index in [-0.39, 0.29) is 5.91 Å². The standard InChI is InChI=1S/C12H11ClN4O/c13-9-10(8-4-1-2-5-14-8)16-17-7-3-6-15-12(18)11(9)17/h1-2,4-5H,3,6-7H2,(H,15,18). The number of hydrogen-bond donors (Lipinski definition) is 1. The molecular weight excluding hydrogens is 252 g/mol. The summed E-state index contributed by atoms with van der Waals surface area (Å²) in [7, 11) is 0. The Balaban J connectivity index is 2.14. The number of nitrogens with zero attached hydrogens (tertiary/aromatic N) is 3. The molecule has 1 aliphatic heterocycles. The van der Waals surface area contributed by atoms with Crippen LogP contribution in [0.15, 0.2) is 24.4 Å². The van der Waals surface area contributed by atoms with Crippen molar-refractivity contribution in [3.8, 4) is 11.4 Å². The van der Waals surface area contributed by atoms with E-state index >= 15 is 0 Å². The zero-order chi connectivity index (χ0) is 12.5. The molecule has 0 saturated heterocycles. The second-order valence-corrected chi connectivity index (χ2v) is 4.44. The fourth-order valence-corrected chi connectivity index (χ4v) is 2.32. The lowest BCUT2D eigenvalue weighted by Gasteiger charge is -1.99. The molecule has 92 valence electrons. The van der Waals surface area contributed by atoms with E-state index in [2.05, 4.69) is 15.4 Å². The normalized spacial score (nSPS) is 14.8. The Kier molecular flexibility index (Phi) is 2.76. The number of carbonyl (C=O) groups is 1. The van der Waals surface area contributed by atoms with Crippen molar-refractivity contribution in [1.82, 2.24) is 20.1 Å². The average molecular weight is 263 g/mol. The zero-order valence-electron chi connectivity index (χ0n) is 9.56. The van der Waals surface area contributed by atoms with Crippen molar-refractivity contribution < 1.29 is 4.79 Å². The van der Waals surface area contributed by atoms with Crippen molar-refractivity contribution in [3.63, 3.8) is 0 Å². The van der Waals surface area contributed by atoms with Gasteiger partial charge in [-0.05, 0) is 18.6 Å². The van der Waals surface area contributed by atoms with Gasteiger partial charge in [-0.1, -0.05) is 17.7 Å². The van der Waals surface area contributed by atoms with Crippen LogP contribution >= 0.6 is 11.6 Å². The largest absolute Gasteiger partial charge is 0.351 e. The van der Waals surface area contributed by atoms with E-state index in [1.165, 1.54) is 0 Å². The maximum absolute atomic E-state index is 11.9. The summed E-state index contributed by atoms with van der Waals surface area (Å²) in [5.41, 5.74) is 1.66. The Hall–Kier alpha value is -1.88. The van der Waals surface area contributed by atoms with Gasteiger partial charge in [0.25, 0.3) is 5.91 Å². The van der Waals surface area contributed by atoms with Crippen LogP contribution in [0.2, 0.25) is 5.02 Å². The summed E-state index contributed by atoms with van der Waals surface area (Å²) in [5, 5.41) is 7.56. The van der Waals surface area contributed by atoms with Crippen LogP contribution in [0, 0.1) is 0 Å². The van der Waals surface area contributed by atoms with Gasteiger partial charge in [-0.3, -0.25) is 14.5 Å². The van der Waals surface area contributed by atoms with Gasteiger partial charge in [-0.15, -0.1) is 0 Å². The fraction of sp³-hybridized carbons (Fsp3) is 0.250. The minimum Gasteiger partial charge on any atom is -0.351 e. The summed E-state index contributed by atoms with van der Waals surface area (Å²) >= 11 is 6.26. The van der Waals surface area contributed by atoms with Gasteiger partial charge in [-0.25, -0.2) is 0 Å². The summed E-state index contributed by atoms with van der Waals surface area (Å²) in [5.74, 6) is -0.174. The summed E-state index contributed by atoms with van der Waals surface area (Å²) in [6, 6.07) is 5.51. The van der Waals surface area contributed by atoms with Crippen LogP contribution in [-0.2, 0) is 6.54 Å². The molecule has 0 bridgehead atoms. The van der Waals surface area contributed by atoms with E-state index in [9.17, 15) is 4.79 Å². The van der Waals surface area contributed by atoms with Gasteiger partial charge in [0.2, 0.25) is 0 Å². The minimum absolute atomic E-state index is 0.174. The van der Waals surface area contributed by atoms with E-state index in [1.54, 1.807) is 10.9 Å². The molecular formula is C12H11ClN4O. The van der Waals surface area contributed by atoms with E-state index in [1.807, 2.05) is 18.2 Å². The van der Waals surface area contributed by atoms with Crippen LogP contribution in [0.5, 0.6) is 0 Å². The van der Waals surface area contributed by atoms with Crippen LogP contribution < -0.4 is 5.32 Å². The third-order valence-electron chi connectivity index (χ3n) is 2.85. The van der Waals surface area contributed by atoms with Gasteiger partial charge in [-0.2, -0.15) is 5.10 Å². The number of hydrogen-bond acceptors (Lipinski definition) is 3. The Labute approximate surface area is 109 Å². The molecule has 0 spiro atoms. The molecule has 1 aliphatic rings. The summed E-state index contributed by atoms with van der Waals surface area (Å²) in [6.07, 6.45) is 2.52. The first-order valence-electron chi connectivity index (χ1n) is 5.73. The number of pyridine rings is 1. The summed E-state index contributed by atoms with van der Waals surface area (Å²) in [6.45, 7) is 1.33. The molecule has 0 radical (unpaired) electrons. The molecule has 0 aliphatic carbocycles. The molecule has 0 atom stereocenters. The number of carbonyl (C=O) groups excluding carboxylic acids is 1. The number of aryl methyl sites for hydroxylation is 1. The van der Waals surface area contributed by atoms with Crippen molar-refractivity contribution >= 4 is 17.5 Å². The van der Waals surface area contributed by atoms with E-state index in [4.69, 9.17) is 11.6 Å². The topological polar surface area (TPSA) is 59.8 Å². The molecule has 5 nitrogen and oxygen atoms in total. The molecule has 1 amide bonds. The number of nitrogens with one attached hydrogen (secondary N) is 1. The van der Waals surface area contributed by atoms with Crippen molar-refractivity contribution in [2.45, 2.75) is 13.0 Å². The number of halogens is 1. The highest BCUT2D eigenvalue weighted by molar-refractivity contribution is 6.36. The maximum atomic E-state index is 11.9. The van der Waals surface area contributed by atoms with Crippen LogP contribution in [0.1, 0.15) is 16.9 Å². The second-order valence-electron chi connectivity index (χ2n) is 4.06. The Bertz CT molecular complexity index is 594. The number of rotatable bonds is 1. The summed E-state index contributed by atoms with van der Waals surface area (Å²) < 4.78 is 1.66. The maximum Gasteiger partial charge on any atom is 0.271 e. The molecule has 0 unspecified atom stereocenters. The Morgan fingerprint density at radius 3 is 3.06 bits per heavy atom. The molecule has 6 heteroatoms. The van der Waals surface area contributed by atoms with Gasteiger partial charge >= 0.3 is 0 Å². The quantitative estimate of drug-likeness (QED) is 0.851. The number of amides is 1. The molecule has 0 aromatic carbocycles. The first-order chi connectivity index (χ1) is 8.77. The molecule has 3 heterocycles. The zero-order valence-corrected chi connectivity index (χ0v) is 10.3. The van der Waals surface area contributed by atoms with Crippen LogP contribution in [-0.4, -0.2) is 27.2 Å². The lowest BCUT2D eigenvalue weighted by Crippen LogP contribution is -2.23. The molecule has 18 heavy (non-hydrogen) atoms. The molecule has 1 N–H and O–H groups in total. The lowest BCUT2D eigenvalue weighted by molar-refractivity contribution is 0.0950. The van der Waals surface area contributed by atoms with Gasteiger partial charge in [0.05, 0.1) is 5.69 Å². The van der Waals surface area contributed by atoms with Crippen molar-refractivity contribution in [2.24, 2.45) is 0 Å². The fourth-order valence-electron chi connectivity index (χ4n) is 2.00. The molecule has 0 saturated carbocycles. The smallest absolute Gasteiger partial charge is 0.271 e. The minimum atomic E-state index is -0.174. The first kappa shape index (κ1) is 11.2. The Morgan fingerprint density at radius 2 is 2.28 bits per heavy atom. The molecule has 2 aromatic rings. The summed E-state index contributed by atoms with van der Waals surface area (Å²) in [4.78, 5) is 16.1. The second kappa shape index (κ2) is 4.42. The van der Waals surface area contributed by atoms with Crippen molar-refractivity contribution in [1.29, 1.82) is 0 Å². The lowest BCUT2D eigenvalue weighted by atomic mass is 10.2. The predicted molar refractivity (Wildman–Crippen MR) is 67.4 cm³/mol. The Morgan fingerprint density at radius 1 is 1.39 bits per heavy atom. The number of aromatic nitrogens is 3. The molecule has 3 rings (SSSR count). The molecule has 2 aromatic heterocycles. The highest BCUT2D eigenvalue weighted by Crippen LogP contribution is 2.29. The van der Waals surface area contributed by atoms with Crippen LogP contribution in [0.3, 0.4) is 0 Å². The van der Waals surface area contributed by atoms with Gasteiger partial charge in [0, 0.05) is 19.3 Å². The SMILES string of the molecule is O=C1NCCCn2nc(-c3ccccn3)c(Cl)c21. The first-order valence-corrected chi connectivity index (χ1v) is 6.11. The van der Waals surface area contributed by atoms with Gasteiger partial charge in [0.15, 0.2) is 0 Å². The van der Waals surface area contributed by atoms with E-state index in [0.29, 0.717) is 35.2 Å². The highest BCUT2D eigenvalue weighted by Gasteiger charge is 2.25. The third kappa shape index (κ3) is 1.76. The van der Waals surface area contributed by atoms with Crippen LogP contribution in [0.25, 0.3) is 11.4 Å². The van der Waals surface area contributed by atoms with Crippen molar-refractivity contribution in [2.75, 3.05) is 6.54 Å². The molecule has 0 fully saturated rings. The van der Waals surface area contributed by atoms with E-state index < -0.39 is 0 Å². The van der Waals surface area contributed by atoms with Gasteiger partial charge < -0.3 is 5.32 Å². The monoisotopic (exact) mass is 262 g/mol. The van der Waals surface area contributed by atoms with E-state index in [0.717, 1.165) is 6.42 Å². The van der Waals surface area contributed by atoms with Crippen molar-refractivity contribution in [3.05, 3.63) is 35.1 Å². The average Bonchev–Trinajstić information content (AvgIpc) is 2.60. The highest BCUT2D eigenvalue weighted by atomic mass is 35.5. The van der Waals surface area contributed by atoms with Crippen LogP contribution in [0.4, 0.5) is 0 Å². The number of fused-ring (bicyclic) bond motifs is 1. The van der Waals surface area contributed by atoms with Gasteiger partial charge in [0.1, 0.15) is 16.4 Å². The predicted octanol–water partition coefficient (Wildman–Crippen LogP) is 1.73.